The number of methoxy groups -OCH3 is 1. The molecule has 33 heavy (non-hydrogen) atoms. The standard InChI is InChI=1S/C26H31FN4O2/c1-33-26(32)19-11-20(27)13-22(12-19)30-7-2-3-23-24(30)5-8-31(23)25-14-21(4-6-28-25)29-15-17-9-18(10-17)16-29/h4,6,11-14,17-18,23-24H,2-3,5,7-10,15-16H2,1H3/t17?,18?,23-,24-/m1/s1. The topological polar surface area (TPSA) is 48.9 Å². The molecular formula is C26H31FN4O2. The molecule has 4 saturated heterocycles. The third kappa shape index (κ3) is 3.71. The Morgan fingerprint density at radius 2 is 1.79 bits per heavy atom. The zero-order valence-electron chi connectivity index (χ0n) is 19.1. The molecule has 7 heteroatoms. The number of anilines is 3. The van der Waals surface area contributed by atoms with E-state index in [1.807, 2.05) is 6.20 Å². The van der Waals surface area contributed by atoms with Crippen molar-refractivity contribution in [2.45, 2.75) is 44.2 Å². The van der Waals surface area contributed by atoms with E-state index in [1.54, 1.807) is 6.07 Å². The van der Waals surface area contributed by atoms with Gasteiger partial charge in [-0.1, -0.05) is 0 Å². The van der Waals surface area contributed by atoms with Gasteiger partial charge in [0.1, 0.15) is 11.6 Å². The molecule has 7 rings (SSSR count). The van der Waals surface area contributed by atoms with Crippen LogP contribution in [0.2, 0.25) is 0 Å². The Labute approximate surface area is 194 Å². The average Bonchev–Trinajstić information content (AvgIpc) is 3.27. The van der Waals surface area contributed by atoms with Gasteiger partial charge in [0.05, 0.1) is 24.8 Å². The van der Waals surface area contributed by atoms with Gasteiger partial charge in [-0.15, -0.1) is 0 Å². The number of aromatic nitrogens is 1. The number of rotatable bonds is 4. The minimum Gasteiger partial charge on any atom is -0.465 e. The SMILES string of the molecule is COC(=O)c1cc(F)cc(N2CCC[C@@H]3[C@H]2CCN3c2cc(N3CC4CC(C4)C3)ccn2)c1. The summed E-state index contributed by atoms with van der Waals surface area (Å²) in [6.45, 7) is 4.14. The molecule has 1 aromatic heterocycles. The number of benzene rings is 1. The lowest BCUT2D eigenvalue weighted by Gasteiger charge is -2.48. The van der Waals surface area contributed by atoms with Gasteiger partial charge in [-0.25, -0.2) is 14.2 Å². The maximum Gasteiger partial charge on any atom is 0.338 e. The highest BCUT2D eigenvalue weighted by Crippen LogP contribution is 2.42. The van der Waals surface area contributed by atoms with E-state index >= 15 is 0 Å². The summed E-state index contributed by atoms with van der Waals surface area (Å²) in [5.74, 6) is 1.87. The van der Waals surface area contributed by atoms with Crippen LogP contribution in [-0.2, 0) is 4.74 Å². The average molecular weight is 451 g/mol. The number of ether oxygens (including phenoxy) is 1. The molecule has 0 radical (unpaired) electrons. The lowest BCUT2D eigenvalue weighted by Crippen LogP contribution is -2.50. The van der Waals surface area contributed by atoms with Crippen molar-refractivity contribution in [2.24, 2.45) is 11.8 Å². The fraction of sp³-hybridized carbons (Fsp3) is 0.538. The first-order valence-corrected chi connectivity index (χ1v) is 12.2. The molecule has 0 unspecified atom stereocenters. The maximum atomic E-state index is 14.4. The van der Waals surface area contributed by atoms with Gasteiger partial charge >= 0.3 is 5.97 Å². The number of hydrogen-bond donors (Lipinski definition) is 0. The summed E-state index contributed by atoms with van der Waals surface area (Å²) >= 11 is 0. The van der Waals surface area contributed by atoms with Gasteiger partial charge in [-0.2, -0.15) is 0 Å². The van der Waals surface area contributed by atoms with Gasteiger partial charge in [0.2, 0.25) is 0 Å². The van der Waals surface area contributed by atoms with E-state index in [-0.39, 0.29) is 11.6 Å². The quantitative estimate of drug-likeness (QED) is 0.654. The van der Waals surface area contributed by atoms with Crippen molar-refractivity contribution in [2.75, 3.05) is 48.0 Å². The first-order chi connectivity index (χ1) is 16.1. The Kier molecular flexibility index (Phi) is 5.15. The highest BCUT2D eigenvalue weighted by atomic mass is 19.1. The molecule has 4 aliphatic heterocycles. The summed E-state index contributed by atoms with van der Waals surface area (Å²) in [6, 6.07) is 9.58. The Balaban J connectivity index is 1.24. The molecule has 6 nitrogen and oxygen atoms in total. The molecule has 1 saturated carbocycles. The lowest BCUT2D eigenvalue weighted by atomic mass is 9.71. The second-order valence-electron chi connectivity index (χ2n) is 10.1. The van der Waals surface area contributed by atoms with Crippen molar-refractivity contribution in [3.63, 3.8) is 0 Å². The summed E-state index contributed by atoms with van der Waals surface area (Å²) in [5, 5.41) is 0. The molecule has 2 atom stereocenters. The highest BCUT2D eigenvalue weighted by molar-refractivity contribution is 5.90. The number of nitrogens with zero attached hydrogens (tertiary/aromatic N) is 4. The van der Waals surface area contributed by atoms with Crippen LogP contribution in [0.4, 0.5) is 21.6 Å². The molecule has 2 aromatic rings. The second kappa shape index (κ2) is 8.19. The van der Waals surface area contributed by atoms with Crippen molar-refractivity contribution < 1.29 is 13.9 Å². The number of hydrogen-bond acceptors (Lipinski definition) is 6. The van der Waals surface area contributed by atoms with Crippen molar-refractivity contribution >= 4 is 23.2 Å². The number of carbonyl (C=O) groups excluding carboxylic acids is 1. The predicted molar refractivity (Wildman–Crippen MR) is 127 cm³/mol. The van der Waals surface area contributed by atoms with Crippen LogP contribution in [0.25, 0.3) is 0 Å². The normalized spacial score (nSPS) is 28.4. The third-order valence-corrected chi connectivity index (χ3v) is 8.12. The lowest BCUT2D eigenvalue weighted by molar-refractivity contribution is 0.0600. The minimum atomic E-state index is -0.506. The third-order valence-electron chi connectivity index (χ3n) is 8.12. The van der Waals surface area contributed by atoms with Crippen LogP contribution in [0.15, 0.2) is 36.5 Å². The summed E-state index contributed by atoms with van der Waals surface area (Å²) in [7, 11) is 1.33. The number of pyridine rings is 1. The molecule has 174 valence electrons. The Morgan fingerprint density at radius 3 is 2.58 bits per heavy atom. The van der Waals surface area contributed by atoms with E-state index in [4.69, 9.17) is 9.72 Å². The zero-order chi connectivity index (χ0) is 22.5. The molecule has 1 aliphatic carbocycles. The van der Waals surface area contributed by atoms with Gasteiger partial charge in [0.15, 0.2) is 0 Å². The number of halogens is 1. The van der Waals surface area contributed by atoms with Crippen LogP contribution in [0.5, 0.6) is 0 Å². The largest absolute Gasteiger partial charge is 0.465 e. The van der Waals surface area contributed by atoms with E-state index < -0.39 is 11.8 Å². The molecule has 2 bridgehead atoms. The van der Waals surface area contributed by atoms with Crippen LogP contribution >= 0.6 is 0 Å². The number of piperidine rings is 3. The van der Waals surface area contributed by atoms with E-state index in [2.05, 4.69) is 26.8 Å². The molecule has 0 spiro atoms. The second-order valence-corrected chi connectivity index (χ2v) is 10.1. The first-order valence-electron chi connectivity index (χ1n) is 12.2. The van der Waals surface area contributed by atoms with Gasteiger partial charge in [0, 0.05) is 49.8 Å². The number of esters is 1. The van der Waals surface area contributed by atoms with Crippen molar-refractivity contribution in [3.8, 4) is 0 Å². The zero-order valence-corrected chi connectivity index (χ0v) is 19.1. The molecule has 0 N–H and O–H groups in total. The Hall–Kier alpha value is -2.83. The van der Waals surface area contributed by atoms with Crippen molar-refractivity contribution in [1.29, 1.82) is 0 Å². The van der Waals surface area contributed by atoms with Gasteiger partial charge in [-0.05, 0) is 68.2 Å². The fourth-order valence-corrected chi connectivity index (χ4v) is 6.61. The monoisotopic (exact) mass is 450 g/mol. The molecule has 5 fully saturated rings. The Bertz CT molecular complexity index is 1050. The van der Waals surface area contributed by atoms with Crippen LogP contribution in [0.1, 0.15) is 42.5 Å². The number of carbonyl (C=O) groups is 1. The summed E-state index contributed by atoms with van der Waals surface area (Å²) < 4.78 is 19.2. The smallest absolute Gasteiger partial charge is 0.338 e. The molecule has 5 heterocycles. The van der Waals surface area contributed by atoms with Crippen LogP contribution in [0, 0.1) is 17.7 Å². The summed E-state index contributed by atoms with van der Waals surface area (Å²) in [6.07, 6.45) is 7.87. The first kappa shape index (κ1) is 20.8. The predicted octanol–water partition coefficient (Wildman–Crippen LogP) is 4.10. The van der Waals surface area contributed by atoms with E-state index in [0.717, 1.165) is 55.7 Å². The highest BCUT2D eigenvalue weighted by Gasteiger charge is 2.42. The van der Waals surface area contributed by atoms with E-state index in [0.29, 0.717) is 6.04 Å². The van der Waals surface area contributed by atoms with Crippen LogP contribution < -0.4 is 14.7 Å². The molecular weight excluding hydrogens is 419 g/mol. The summed E-state index contributed by atoms with van der Waals surface area (Å²) in [5.41, 5.74) is 2.32. The Morgan fingerprint density at radius 1 is 1.00 bits per heavy atom. The minimum absolute atomic E-state index is 0.262. The van der Waals surface area contributed by atoms with E-state index in [1.165, 1.54) is 50.9 Å². The molecule has 0 amide bonds. The molecule has 5 aliphatic rings. The molecule has 1 aromatic carbocycles. The van der Waals surface area contributed by atoms with Gasteiger partial charge < -0.3 is 19.4 Å². The van der Waals surface area contributed by atoms with Crippen molar-refractivity contribution in [3.05, 3.63) is 47.9 Å². The van der Waals surface area contributed by atoms with Gasteiger partial charge in [-0.3, -0.25) is 0 Å². The fourth-order valence-electron chi connectivity index (χ4n) is 6.61. The van der Waals surface area contributed by atoms with Gasteiger partial charge in [0.25, 0.3) is 0 Å². The van der Waals surface area contributed by atoms with Crippen LogP contribution in [-0.4, -0.2) is 56.3 Å². The maximum absolute atomic E-state index is 14.4. The van der Waals surface area contributed by atoms with E-state index in [9.17, 15) is 9.18 Å². The van der Waals surface area contributed by atoms with Crippen LogP contribution in [0.3, 0.4) is 0 Å². The number of fused-ring (bicyclic) bond motifs is 3. The summed E-state index contributed by atoms with van der Waals surface area (Å²) in [4.78, 5) is 24.1. The van der Waals surface area contributed by atoms with Crippen molar-refractivity contribution in [1.82, 2.24) is 4.98 Å².